The molecule has 0 bridgehead atoms. The summed E-state index contributed by atoms with van der Waals surface area (Å²) < 4.78 is 35.4. The average molecular weight is 321 g/mol. The molecule has 0 amide bonds. The van der Waals surface area contributed by atoms with E-state index in [1.807, 2.05) is 0 Å². The summed E-state index contributed by atoms with van der Waals surface area (Å²) in [6, 6.07) is 4.96. The molecule has 1 fully saturated rings. The van der Waals surface area contributed by atoms with E-state index >= 15 is 0 Å². The number of sulfonamides is 1. The molecule has 1 aromatic carbocycles. The number of nitrogens with zero attached hydrogens (tertiary/aromatic N) is 2. The molecule has 1 aliphatic rings. The van der Waals surface area contributed by atoms with Gasteiger partial charge in [-0.3, -0.25) is 0 Å². The first-order valence-electron chi connectivity index (χ1n) is 5.61. The summed E-state index contributed by atoms with van der Waals surface area (Å²) in [5.74, 6) is 0. The van der Waals surface area contributed by atoms with Crippen molar-refractivity contribution in [2.45, 2.75) is 17.4 Å². The highest BCUT2D eigenvalue weighted by Crippen LogP contribution is 2.21. The van der Waals surface area contributed by atoms with Gasteiger partial charge in [-0.25, -0.2) is 13.1 Å². The Morgan fingerprint density at radius 1 is 1.37 bits per heavy atom. The van der Waals surface area contributed by atoms with E-state index in [1.165, 1.54) is 0 Å². The third-order valence-electron chi connectivity index (χ3n) is 2.92. The standard InChI is InChI=1S/C10H12N4O2S2.ClH/c15-18(16,14-7-4-5-11-6-7)9-3-1-2-8-10(9)13-17-12-8;/h1-3,7,11,14H,4-6H2;1H. The summed E-state index contributed by atoms with van der Waals surface area (Å²) in [7, 11) is -3.53. The van der Waals surface area contributed by atoms with E-state index in [-0.39, 0.29) is 23.3 Å². The quantitative estimate of drug-likeness (QED) is 0.872. The zero-order valence-corrected chi connectivity index (χ0v) is 12.3. The van der Waals surface area contributed by atoms with Crippen LogP contribution in [0.4, 0.5) is 0 Å². The Bertz CT molecular complexity index is 667. The van der Waals surface area contributed by atoms with Crippen molar-refractivity contribution in [3.63, 3.8) is 0 Å². The van der Waals surface area contributed by atoms with Crippen LogP contribution in [0.5, 0.6) is 0 Å². The van der Waals surface area contributed by atoms with Gasteiger partial charge in [-0.1, -0.05) is 6.07 Å². The monoisotopic (exact) mass is 320 g/mol. The molecule has 6 nitrogen and oxygen atoms in total. The van der Waals surface area contributed by atoms with E-state index in [9.17, 15) is 8.42 Å². The van der Waals surface area contributed by atoms with Crippen molar-refractivity contribution in [1.82, 2.24) is 18.8 Å². The molecular formula is C10H13ClN4O2S2. The predicted octanol–water partition coefficient (Wildman–Crippen LogP) is 0.753. The van der Waals surface area contributed by atoms with E-state index in [2.05, 4.69) is 18.8 Å². The molecule has 104 valence electrons. The first-order valence-corrected chi connectivity index (χ1v) is 7.82. The minimum Gasteiger partial charge on any atom is -0.315 e. The van der Waals surface area contributed by atoms with Crippen molar-refractivity contribution >= 4 is 45.2 Å². The fourth-order valence-corrected chi connectivity index (χ4v) is 4.07. The molecule has 1 unspecified atom stereocenters. The van der Waals surface area contributed by atoms with E-state index in [4.69, 9.17) is 0 Å². The molecule has 1 saturated heterocycles. The molecule has 0 saturated carbocycles. The molecular weight excluding hydrogens is 308 g/mol. The molecule has 0 spiro atoms. The van der Waals surface area contributed by atoms with Crippen LogP contribution in [0.2, 0.25) is 0 Å². The molecule has 1 aliphatic heterocycles. The summed E-state index contributed by atoms with van der Waals surface area (Å²) in [6.07, 6.45) is 0.810. The predicted molar refractivity (Wildman–Crippen MR) is 76.3 cm³/mol. The summed E-state index contributed by atoms with van der Waals surface area (Å²) >= 11 is 1.02. The molecule has 9 heteroatoms. The van der Waals surface area contributed by atoms with E-state index in [0.29, 0.717) is 17.6 Å². The second-order valence-electron chi connectivity index (χ2n) is 4.20. The first-order chi connectivity index (χ1) is 8.67. The fraction of sp³-hybridized carbons (Fsp3) is 0.400. The number of fused-ring (bicyclic) bond motifs is 1. The average Bonchev–Trinajstić information content (AvgIpc) is 2.97. The maximum absolute atomic E-state index is 12.3. The van der Waals surface area contributed by atoms with Crippen LogP contribution in [-0.2, 0) is 10.0 Å². The lowest BCUT2D eigenvalue weighted by Gasteiger charge is -2.11. The van der Waals surface area contributed by atoms with E-state index < -0.39 is 10.0 Å². The Morgan fingerprint density at radius 3 is 2.95 bits per heavy atom. The second kappa shape index (κ2) is 5.68. The van der Waals surface area contributed by atoms with Crippen molar-refractivity contribution in [1.29, 1.82) is 0 Å². The van der Waals surface area contributed by atoms with Gasteiger partial charge in [0.2, 0.25) is 10.0 Å². The van der Waals surface area contributed by atoms with Gasteiger partial charge in [0.1, 0.15) is 15.9 Å². The van der Waals surface area contributed by atoms with Crippen molar-refractivity contribution in [3.05, 3.63) is 18.2 Å². The third-order valence-corrected chi connectivity index (χ3v) is 5.02. The van der Waals surface area contributed by atoms with Gasteiger partial charge < -0.3 is 5.32 Å². The van der Waals surface area contributed by atoms with E-state index in [1.54, 1.807) is 18.2 Å². The number of benzene rings is 1. The minimum absolute atomic E-state index is 0. The molecule has 2 aromatic rings. The fourth-order valence-electron chi connectivity index (χ4n) is 2.04. The SMILES string of the molecule is Cl.O=S(=O)(NC1CCNC1)c1cccc2nsnc12. The highest BCUT2D eigenvalue weighted by atomic mass is 35.5. The lowest BCUT2D eigenvalue weighted by Crippen LogP contribution is -2.36. The van der Waals surface area contributed by atoms with Gasteiger partial charge in [-0.2, -0.15) is 8.75 Å². The van der Waals surface area contributed by atoms with Crippen molar-refractivity contribution in [2.24, 2.45) is 0 Å². The van der Waals surface area contributed by atoms with Crippen LogP contribution in [0.25, 0.3) is 11.0 Å². The lowest BCUT2D eigenvalue weighted by molar-refractivity contribution is 0.561. The van der Waals surface area contributed by atoms with Gasteiger partial charge in [-0.15, -0.1) is 12.4 Å². The van der Waals surface area contributed by atoms with Crippen LogP contribution >= 0.6 is 24.1 Å². The smallest absolute Gasteiger partial charge is 0.243 e. The van der Waals surface area contributed by atoms with Crippen LogP contribution < -0.4 is 10.0 Å². The van der Waals surface area contributed by atoms with Crippen molar-refractivity contribution in [3.8, 4) is 0 Å². The van der Waals surface area contributed by atoms with Crippen molar-refractivity contribution in [2.75, 3.05) is 13.1 Å². The zero-order valence-electron chi connectivity index (χ0n) is 9.87. The van der Waals surface area contributed by atoms with Gasteiger partial charge in [0.15, 0.2) is 0 Å². The second-order valence-corrected chi connectivity index (χ2v) is 6.41. The molecule has 2 heterocycles. The number of halogens is 1. The van der Waals surface area contributed by atoms with Crippen LogP contribution in [0.3, 0.4) is 0 Å². The summed E-state index contributed by atoms with van der Waals surface area (Å²) in [5, 5.41) is 3.13. The Hall–Kier alpha value is -0.800. The topological polar surface area (TPSA) is 84.0 Å². The van der Waals surface area contributed by atoms with E-state index in [0.717, 1.165) is 24.7 Å². The minimum atomic E-state index is -3.53. The normalized spacial score (nSPS) is 19.5. The highest BCUT2D eigenvalue weighted by Gasteiger charge is 2.25. The molecule has 0 radical (unpaired) electrons. The molecule has 3 rings (SSSR count). The van der Waals surface area contributed by atoms with Gasteiger partial charge in [0.25, 0.3) is 0 Å². The van der Waals surface area contributed by atoms with Gasteiger partial charge in [-0.05, 0) is 25.1 Å². The Balaban J connectivity index is 0.00000133. The van der Waals surface area contributed by atoms with Crippen molar-refractivity contribution < 1.29 is 8.42 Å². The number of nitrogens with one attached hydrogen (secondary N) is 2. The van der Waals surface area contributed by atoms with Gasteiger partial charge in [0.05, 0.1) is 11.7 Å². The van der Waals surface area contributed by atoms with Gasteiger partial charge >= 0.3 is 0 Å². The number of hydrogen-bond acceptors (Lipinski definition) is 6. The summed E-state index contributed by atoms with van der Waals surface area (Å²) in [6.45, 7) is 1.51. The van der Waals surface area contributed by atoms with Gasteiger partial charge in [0, 0.05) is 12.6 Å². The van der Waals surface area contributed by atoms with Crippen LogP contribution in [0.1, 0.15) is 6.42 Å². The molecule has 1 aromatic heterocycles. The summed E-state index contributed by atoms with van der Waals surface area (Å²) in [5.41, 5.74) is 1.06. The molecule has 0 aliphatic carbocycles. The molecule has 1 atom stereocenters. The van der Waals surface area contributed by atoms with Crippen LogP contribution in [-0.4, -0.2) is 36.3 Å². The Kier molecular flexibility index (Phi) is 4.36. The molecule has 2 N–H and O–H groups in total. The highest BCUT2D eigenvalue weighted by molar-refractivity contribution is 7.89. The summed E-state index contributed by atoms with van der Waals surface area (Å²) in [4.78, 5) is 0.209. The Labute approximate surface area is 121 Å². The maximum atomic E-state index is 12.3. The number of aromatic nitrogens is 2. The van der Waals surface area contributed by atoms with Crippen LogP contribution in [0, 0.1) is 0 Å². The zero-order chi connectivity index (χ0) is 12.6. The Morgan fingerprint density at radius 2 is 2.21 bits per heavy atom. The number of hydrogen-bond donors (Lipinski definition) is 2. The first kappa shape index (κ1) is 14.6. The van der Waals surface area contributed by atoms with Crippen LogP contribution in [0.15, 0.2) is 23.1 Å². The molecule has 19 heavy (non-hydrogen) atoms. The lowest BCUT2D eigenvalue weighted by atomic mass is 10.3. The number of rotatable bonds is 3. The maximum Gasteiger partial charge on any atom is 0.243 e. The third kappa shape index (κ3) is 2.87. The largest absolute Gasteiger partial charge is 0.315 e.